The number of nitrogens with zero attached hydrogens (tertiary/aromatic N) is 2. The highest BCUT2D eigenvalue weighted by molar-refractivity contribution is 5.74. The van der Waals surface area contributed by atoms with Crippen molar-refractivity contribution < 1.29 is 18.8 Å². The quantitative estimate of drug-likeness (QED) is 0.932. The molecule has 1 N–H and O–H groups in total. The van der Waals surface area contributed by atoms with Gasteiger partial charge in [0.2, 0.25) is 0 Å². The van der Waals surface area contributed by atoms with Crippen LogP contribution in [0.1, 0.15) is 30.0 Å². The molecular formula is C17H21N3O4. The summed E-state index contributed by atoms with van der Waals surface area (Å²) in [6.07, 6.45) is 0. The third-order valence-corrected chi connectivity index (χ3v) is 3.83. The average Bonchev–Trinajstić information content (AvgIpc) is 2.99. The lowest BCUT2D eigenvalue weighted by Crippen LogP contribution is -2.38. The summed E-state index contributed by atoms with van der Waals surface area (Å²) in [5.41, 5.74) is 1.68. The molecule has 0 radical (unpaired) electrons. The van der Waals surface area contributed by atoms with Gasteiger partial charge in [0.15, 0.2) is 11.5 Å². The molecule has 7 nitrogen and oxygen atoms in total. The van der Waals surface area contributed by atoms with Gasteiger partial charge in [0.25, 0.3) is 0 Å². The van der Waals surface area contributed by atoms with Gasteiger partial charge in [-0.1, -0.05) is 11.2 Å². The third kappa shape index (κ3) is 3.61. The van der Waals surface area contributed by atoms with Crippen LogP contribution < -0.4 is 14.8 Å². The van der Waals surface area contributed by atoms with Crippen LogP contribution >= 0.6 is 0 Å². The number of rotatable bonds is 4. The van der Waals surface area contributed by atoms with Crippen molar-refractivity contribution in [2.24, 2.45) is 0 Å². The van der Waals surface area contributed by atoms with Crippen LogP contribution in [-0.4, -0.2) is 36.3 Å². The molecule has 1 atom stereocenters. The molecule has 0 spiro atoms. The first-order valence-corrected chi connectivity index (χ1v) is 7.86. The van der Waals surface area contributed by atoms with Crippen molar-refractivity contribution >= 4 is 6.03 Å². The zero-order valence-electron chi connectivity index (χ0n) is 14.0. The highest BCUT2D eigenvalue weighted by atomic mass is 16.6. The fourth-order valence-corrected chi connectivity index (χ4v) is 2.52. The topological polar surface area (TPSA) is 76.8 Å². The Kier molecular flexibility index (Phi) is 4.59. The van der Waals surface area contributed by atoms with Gasteiger partial charge in [-0.25, -0.2) is 4.79 Å². The minimum atomic E-state index is -0.182. The number of amides is 2. The number of urea groups is 1. The second-order valence-electron chi connectivity index (χ2n) is 5.86. The number of aromatic nitrogens is 1. The number of nitrogens with one attached hydrogen (secondary N) is 1. The molecule has 3 rings (SSSR count). The number of ether oxygens (including phenoxy) is 2. The molecule has 1 unspecified atom stereocenters. The Hall–Kier alpha value is -2.70. The minimum absolute atomic E-state index is 0.158. The normalized spacial score (nSPS) is 14.1. The Morgan fingerprint density at radius 2 is 2.04 bits per heavy atom. The molecule has 128 valence electrons. The second kappa shape index (κ2) is 6.82. The van der Waals surface area contributed by atoms with Gasteiger partial charge < -0.3 is 24.2 Å². The van der Waals surface area contributed by atoms with Gasteiger partial charge in [0, 0.05) is 13.1 Å². The molecule has 2 amide bonds. The zero-order valence-corrected chi connectivity index (χ0v) is 14.0. The second-order valence-corrected chi connectivity index (χ2v) is 5.86. The maximum Gasteiger partial charge on any atom is 0.317 e. The number of benzene rings is 1. The average molecular weight is 331 g/mol. The van der Waals surface area contributed by atoms with Crippen molar-refractivity contribution in [3.05, 3.63) is 41.3 Å². The summed E-state index contributed by atoms with van der Waals surface area (Å²) in [7, 11) is 1.72. The van der Waals surface area contributed by atoms with E-state index in [1.165, 1.54) is 0 Å². The van der Waals surface area contributed by atoms with Crippen LogP contribution in [0.5, 0.6) is 11.5 Å². The summed E-state index contributed by atoms with van der Waals surface area (Å²) in [6.45, 7) is 5.23. The molecule has 2 aromatic rings. The summed E-state index contributed by atoms with van der Waals surface area (Å²) < 4.78 is 16.1. The summed E-state index contributed by atoms with van der Waals surface area (Å²) in [5, 5.41) is 6.86. The Balaban J connectivity index is 1.61. The SMILES string of the molecule is Cc1cc(CN(C)C(=O)NC(C)c2ccc3c(c2)OCCO3)no1. The van der Waals surface area contributed by atoms with Crippen LogP contribution in [0, 0.1) is 6.92 Å². The predicted molar refractivity (Wildman–Crippen MR) is 87.1 cm³/mol. The lowest BCUT2D eigenvalue weighted by molar-refractivity contribution is 0.171. The van der Waals surface area contributed by atoms with Gasteiger partial charge in [-0.05, 0) is 31.5 Å². The van der Waals surface area contributed by atoms with Crippen LogP contribution in [0.3, 0.4) is 0 Å². The molecule has 7 heteroatoms. The summed E-state index contributed by atoms with van der Waals surface area (Å²) >= 11 is 0. The van der Waals surface area contributed by atoms with E-state index in [2.05, 4.69) is 10.5 Å². The first kappa shape index (κ1) is 16.2. The fraction of sp³-hybridized carbons (Fsp3) is 0.412. The maximum absolute atomic E-state index is 12.3. The van der Waals surface area contributed by atoms with E-state index in [0.717, 1.165) is 22.8 Å². The Labute approximate surface area is 140 Å². The van der Waals surface area contributed by atoms with Crippen LogP contribution in [0.2, 0.25) is 0 Å². The molecule has 1 aliphatic rings. The molecule has 0 saturated heterocycles. The smallest absolute Gasteiger partial charge is 0.317 e. The maximum atomic E-state index is 12.3. The molecule has 0 fully saturated rings. The molecule has 24 heavy (non-hydrogen) atoms. The number of aryl methyl sites for hydroxylation is 1. The van der Waals surface area contributed by atoms with Crippen LogP contribution in [0.4, 0.5) is 4.79 Å². The highest BCUT2D eigenvalue weighted by Gasteiger charge is 2.18. The largest absolute Gasteiger partial charge is 0.486 e. The molecular weight excluding hydrogens is 310 g/mol. The zero-order chi connectivity index (χ0) is 17.1. The van der Waals surface area contributed by atoms with E-state index in [9.17, 15) is 4.79 Å². The van der Waals surface area contributed by atoms with Gasteiger partial charge >= 0.3 is 6.03 Å². The van der Waals surface area contributed by atoms with Crippen molar-refractivity contribution in [1.29, 1.82) is 0 Å². The first-order valence-electron chi connectivity index (χ1n) is 7.86. The molecule has 0 aliphatic carbocycles. The van der Waals surface area contributed by atoms with Crippen LogP contribution in [0.15, 0.2) is 28.8 Å². The predicted octanol–water partition coefficient (Wildman–Crippen LogP) is 2.66. The summed E-state index contributed by atoms with van der Waals surface area (Å²) in [6, 6.07) is 7.18. The summed E-state index contributed by atoms with van der Waals surface area (Å²) in [4.78, 5) is 13.9. The number of carbonyl (C=O) groups is 1. The molecule has 0 saturated carbocycles. The molecule has 0 bridgehead atoms. The monoisotopic (exact) mass is 331 g/mol. The minimum Gasteiger partial charge on any atom is -0.486 e. The fourth-order valence-electron chi connectivity index (χ4n) is 2.52. The van der Waals surface area contributed by atoms with Crippen molar-refractivity contribution in [3.63, 3.8) is 0 Å². The van der Waals surface area contributed by atoms with E-state index in [4.69, 9.17) is 14.0 Å². The van der Waals surface area contributed by atoms with Crippen molar-refractivity contribution in [2.45, 2.75) is 26.4 Å². The molecule has 2 heterocycles. The first-order chi connectivity index (χ1) is 11.5. The van der Waals surface area contributed by atoms with Gasteiger partial charge in [-0.3, -0.25) is 0 Å². The van der Waals surface area contributed by atoms with Crippen LogP contribution in [0.25, 0.3) is 0 Å². The van der Waals surface area contributed by atoms with Crippen molar-refractivity contribution in [3.8, 4) is 11.5 Å². The Morgan fingerprint density at radius 1 is 1.29 bits per heavy atom. The van der Waals surface area contributed by atoms with Crippen molar-refractivity contribution in [2.75, 3.05) is 20.3 Å². The number of hydrogen-bond donors (Lipinski definition) is 1. The van der Waals surface area contributed by atoms with E-state index in [0.29, 0.717) is 25.5 Å². The third-order valence-electron chi connectivity index (χ3n) is 3.83. The molecule has 1 aromatic carbocycles. The van der Waals surface area contributed by atoms with Gasteiger partial charge in [0.05, 0.1) is 12.6 Å². The number of fused-ring (bicyclic) bond motifs is 1. The van der Waals surface area contributed by atoms with Gasteiger partial charge in [0.1, 0.15) is 24.7 Å². The number of carbonyl (C=O) groups excluding carboxylic acids is 1. The molecule has 1 aliphatic heterocycles. The van der Waals surface area contributed by atoms with E-state index in [-0.39, 0.29) is 12.1 Å². The van der Waals surface area contributed by atoms with E-state index >= 15 is 0 Å². The van der Waals surface area contributed by atoms with Crippen molar-refractivity contribution in [1.82, 2.24) is 15.4 Å². The Bertz CT molecular complexity index is 728. The van der Waals surface area contributed by atoms with E-state index in [1.54, 1.807) is 11.9 Å². The van der Waals surface area contributed by atoms with E-state index < -0.39 is 0 Å². The molecule has 1 aromatic heterocycles. The lowest BCUT2D eigenvalue weighted by Gasteiger charge is -2.23. The Morgan fingerprint density at radius 3 is 2.75 bits per heavy atom. The number of hydrogen-bond acceptors (Lipinski definition) is 5. The standard InChI is InChI=1S/C17H21N3O4/c1-11-8-14(19-24-11)10-20(3)17(21)18-12(2)13-4-5-15-16(9-13)23-7-6-22-15/h4-5,8-9,12H,6-7,10H2,1-3H3,(H,18,21). The van der Waals surface area contributed by atoms with Crippen LogP contribution in [-0.2, 0) is 6.54 Å². The lowest BCUT2D eigenvalue weighted by atomic mass is 10.1. The highest BCUT2D eigenvalue weighted by Crippen LogP contribution is 2.32. The van der Waals surface area contributed by atoms with Gasteiger partial charge in [-0.2, -0.15) is 0 Å². The van der Waals surface area contributed by atoms with Gasteiger partial charge in [-0.15, -0.1) is 0 Å². The van der Waals surface area contributed by atoms with E-state index in [1.807, 2.05) is 38.1 Å². The summed E-state index contributed by atoms with van der Waals surface area (Å²) in [5.74, 6) is 2.18.